The molecular formula is C19H15NO2. The van der Waals surface area contributed by atoms with Gasteiger partial charge in [-0.15, -0.1) is 0 Å². The first-order chi connectivity index (χ1) is 10.7. The quantitative estimate of drug-likeness (QED) is 0.554. The number of carbonyl (C=O) groups excluding carboxylic acids is 1. The summed E-state index contributed by atoms with van der Waals surface area (Å²) >= 11 is 0. The smallest absolute Gasteiger partial charge is 0.195 e. The topological polar surface area (TPSA) is 49.3 Å². The molecule has 3 rings (SSSR count). The summed E-state index contributed by atoms with van der Waals surface area (Å²) in [6.07, 6.45) is 0. The second kappa shape index (κ2) is 6.14. The molecule has 3 heteroatoms. The van der Waals surface area contributed by atoms with Crippen LogP contribution in [0.15, 0.2) is 78.9 Å². The fourth-order valence-corrected chi connectivity index (χ4v) is 2.24. The van der Waals surface area contributed by atoms with Crippen molar-refractivity contribution in [3.63, 3.8) is 0 Å². The Bertz CT molecular complexity index is 780. The third kappa shape index (κ3) is 2.99. The summed E-state index contributed by atoms with van der Waals surface area (Å²) < 4.78 is 0. The van der Waals surface area contributed by atoms with Crippen LogP contribution in [0.1, 0.15) is 15.9 Å². The monoisotopic (exact) mass is 289 g/mol. The molecule has 0 saturated carbocycles. The largest absolute Gasteiger partial charge is 0.508 e. The summed E-state index contributed by atoms with van der Waals surface area (Å²) in [4.78, 5) is 12.6. The lowest BCUT2D eigenvalue weighted by atomic mass is 10.0. The van der Waals surface area contributed by atoms with E-state index in [-0.39, 0.29) is 11.5 Å². The van der Waals surface area contributed by atoms with Gasteiger partial charge in [0.05, 0.1) is 0 Å². The van der Waals surface area contributed by atoms with Crippen molar-refractivity contribution in [1.29, 1.82) is 0 Å². The molecule has 0 aromatic heterocycles. The molecule has 0 bridgehead atoms. The van der Waals surface area contributed by atoms with Gasteiger partial charge >= 0.3 is 0 Å². The maximum absolute atomic E-state index is 12.6. The van der Waals surface area contributed by atoms with E-state index in [1.807, 2.05) is 36.4 Å². The Hall–Kier alpha value is -3.07. The maximum Gasteiger partial charge on any atom is 0.195 e. The van der Waals surface area contributed by atoms with Crippen molar-refractivity contribution >= 4 is 17.2 Å². The zero-order valence-electron chi connectivity index (χ0n) is 11.9. The normalized spacial score (nSPS) is 10.2. The van der Waals surface area contributed by atoms with Crippen molar-refractivity contribution < 1.29 is 9.90 Å². The molecule has 0 spiro atoms. The molecule has 2 N–H and O–H groups in total. The van der Waals surface area contributed by atoms with E-state index in [9.17, 15) is 9.90 Å². The SMILES string of the molecule is O=C(c1ccccc1)c1ccccc1Nc1ccc(O)cc1. The van der Waals surface area contributed by atoms with Crippen molar-refractivity contribution in [3.05, 3.63) is 90.0 Å². The zero-order valence-corrected chi connectivity index (χ0v) is 11.9. The van der Waals surface area contributed by atoms with Crippen molar-refractivity contribution in [3.8, 4) is 5.75 Å². The molecule has 0 atom stereocenters. The number of anilines is 2. The first-order valence-electron chi connectivity index (χ1n) is 6.99. The van der Waals surface area contributed by atoms with Crippen LogP contribution in [-0.2, 0) is 0 Å². The lowest BCUT2D eigenvalue weighted by molar-refractivity contribution is 0.103. The van der Waals surface area contributed by atoms with Gasteiger partial charge in [0.2, 0.25) is 0 Å². The van der Waals surface area contributed by atoms with Gasteiger partial charge in [-0.1, -0.05) is 42.5 Å². The number of phenolic OH excluding ortho intramolecular Hbond substituents is 1. The molecule has 0 heterocycles. The molecule has 3 aromatic rings. The summed E-state index contributed by atoms with van der Waals surface area (Å²) in [5, 5.41) is 12.6. The van der Waals surface area contributed by atoms with E-state index in [0.29, 0.717) is 11.1 Å². The standard InChI is InChI=1S/C19H15NO2/c21-16-12-10-15(11-13-16)20-18-9-5-4-8-17(18)19(22)14-6-2-1-3-7-14/h1-13,20-21H. The molecule has 0 unspecified atom stereocenters. The van der Waals surface area contributed by atoms with Crippen LogP contribution in [-0.4, -0.2) is 10.9 Å². The number of nitrogens with one attached hydrogen (secondary N) is 1. The molecule has 3 aromatic carbocycles. The van der Waals surface area contributed by atoms with Crippen molar-refractivity contribution in [1.82, 2.24) is 0 Å². The molecule has 108 valence electrons. The average Bonchev–Trinajstić information content (AvgIpc) is 2.58. The predicted octanol–water partition coefficient (Wildman–Crippen LogP) is 4.37. The predicted molar refractivity (Wildman–Crippen MR) is 87.7 cm³/mol. The van der Waals surface area contributed by atoms with Gasteiger partial charge in [-0.3, -0.25) is 4.79 Å². The van der Waals surface area contributed by atoms with E-state index in [1.165, 1.54) is 0 Å². The van der Waals surface area contributed by atoms with Crippen LogP contribution in [0.4, 0.5) is 11.4 Å². The molecule has 0 amide bonds. The second-order valence-electron chi connectivity index (χ2n) is 4.91. The highest BCUT2D eigenvalue weighted by Gasteiger charge is 2.12. The summed E-state index contributed by atoms with van der Waals surface area (Å²) in [6.45, 7) is 0. The molecular weight excluding hydrogens is 274 g/mol. The van der Waals surface area contributed by atoms with E-state index >= 15 is 0 Å². The Balaban J connectivity index is 1.93. The number of benzene rings is 3. The molecule has 22 heavy (non-hydrogen) atoms. The summed E-state index contributed by atoms with van der Waals surface area (Å²) in [7, 11) is 0. The molecule has 0 aliphatic rings. The van der Waals surface area contributed by atoms with Gasteiger partial charge in [0.25, 0.3) is 0 Å². The Labute approximate surface area is 128 Å². The van der Waals surface area contributed by atoms with Gasteiger partial charge in [0.15, 0.2) is 5.78 Å². The summed E-state index contributed by atoms with van der Waals surface area (Å²) in [6, 6.07) is 23.3. The molecule has 3 nitrogen and oxygen atoms in total. The number of rotatable bonds is 4. The molecule has 0 aliphatic carbocycles. The Morgan fingerprint density at radius 1 is 0.773 bits per heavy atom. The number of phenols is 1. The van der Waals surface area contributed by atoms with Crippen LogP contribution in [0, 0.1) is 0 Å². The van der Waals surface area contributed by atoms with Crippen LogP contribution < -0.4 is 5.32 Å². The first-order valence-corrected chi connectivity index (χ1v) is 6.99. The van der Waals surface area contributed by atoms with Crippen LogP contribution in [0.2, 0.25) is 0 Å². The fraction of sp³-hybridized carbons (Fsp3) is 0. The second-order valence-corrected chi connectivity index (χ2v) is 4.91. The van der Waals surface area contributed by atoms with Crippen molar-refractivity contribution in [2.75, 3.05) is 5.32 Å². The number of ketones is 1. The average molecular weight is 289 g/mol. The highest BCUT2D eigenvalue weighted by molar-refractivity contribution is 6.12. The zero-order chi connectivity index (χ0) is 15.4. The van der Waals surface area contributed by atoms with Crippen molar-refractivity contribution in [2.45, 2.75) is 0 Å². The number of aromatic hydroxyl groups is 1. The van der Waals surface area contributed by atoms with Crippen LogP contribution in [0.3, 0.4) is 0 Å². The highest BCUT2D eigenvalue weighted by Crippen LogP contribution is 2.24. The molecule has 0 saturated heterocycles. The molecule has 0 aliphatic heterocycles. The van der Waals surface area contributed by atoms with Gasteiger partial charge in [0, 0.05) is 22.5 Å². The van der Waals surface area contributed by atoms with Crippen LogP contribution >= 0.6 is 0 Å². The molecule has 0 radical (unpaired) electrons. The lowest BCUT2D eigenvalue weighted by Gasteiger charge is -2.11. The minimum Gasteiger partial charge on any atom is -0.508 e. The summed E-state index contributed by atoms with van der Waals surface area (Å²) in [5.74, 6) is 0.182. The lowest BCUT2D eigenvalue weighted by Crippen LogP contribution is -2.05. The number of hydrogen-bond acceptors (Lipinski definition) is 3. The van der Waals surface area contributed by atoms with Gasteiger partial charge in [-0.25, -0.2) is 0 Å². The van der Waals surface area contributed by atoms with Crippen molar-refractivity contribution in [2.24, 2.45) is 0 Å². The highest BCUT2D eigenvalue weighted by atomic mass is 16.3. The van der Waals surface area contributed by atoms with Gasteiger partial charge in [-0.2, -0.15) is 0 Å². The Kier molecular flexibility index (Phi) is 3.88. The number of para-hydroxylation sites is 1. The van der Waals surface area contributed by atoms with E-state index in [4.69, 9.17) is 0 Å². The minimum absolute atomic E-state index is 0.0255. The van der Waals surface area contributed by atoms with E-state index in [1.54, 1.807) is 42.5 Å². The summed E-state index contributed by atoms with van der Waals surface area (Å²) in [5.41, 5.74) is 2.82. The number of carbonyl (C=O) groups is 1. The Morgan fingerprint density at radius 2 is 1.41 bits per heavy atom. The fourth-order valence-electron chi connectivity index (χ4n) is 2.24. The molecule has 0 fully saturated rings. The minimum atomic E-state index is -0.0255. The maximum atomic E-state index is 12.6. The Morgan fingerprint density at radius 3 is 2.14 bits per heavy atom. The first kappa shape index (κ1) is 13.9. The van der Waals surface area contributed by atoms with Crippen LogP contribution in [0.5, 0.6) is 5.75 Å². The number of hydrogen-bond donors (Lipinski definition) is 2. The van der Waals surface area contributed by atoms with E-state index in [2.05, 4.69) is 5.32 Å². The van der Waals surface area contributed by atoms with E-state index in [0.717, 1.165) is 11.4 Å². The van der Waals surface area contributed by atoms with Crippen LogP contribution in [0.25, 0.3) is 0 Å². The van der Waals surface area contributed by atoms with Gasteiger partial charge in [0.1, 0.15) is 5.75 Å². The third-order valence-electron chi connectivity index (χ3n) is 3.35. The third-order valence-corrected chi connectivity index (χ3v) is 3.35. The van der Waals surface area contributed by atoms with Gasteiger partial charge < -0.3 is 10.4 Å². The van der Waals surface area contributed by atoms with Gasteiger partial charge in [-0.05, 0) is 36.4 Å². The van der Waals surface area contributed by atoms with E-state index < -0.39 is 0 Å².